The third-order valence-corrected chi connectivity index (χ3v) is 10.0. The number of carbonyl (C=O) groups excluding carboxylic acids is 1. The van der Waals surface area contributed by atoms with E-state index in [1.165, 1.54) is 12.1 Å². The van der Waals surface area contributed by atoms with E-state index in [-0.39, 0.29) is 29.2 Å². The molecule has 3 aromatic heterocycles. The molecule has 1 amide bonds. The van der Waals surface area contributed by atoms with Crippen molar-refractivity contribution < 1.29 is 31.8 Å². The zero-order chi connectivity index (χ0) is 37.6. The van der Waals surface area contributed by atoms with Crippen molar-refractivity contribution in [3.8, 4) is 5.88 Å². The monoisotopic (exact) mass is 759 g/mol. The maximum absolute atomic E-state index is 14.2. The van der Waals surface area contributed by atoms with Crippen molar-refractivity contribution in [2.45, 2.75) is 51.7 Å². The van der Waals surface area contributed by atoms with Crippen molar-refractivity contribution in [1.82, 2.24) is 29.6 Å². The number of aromatic amines is 1. The summed E-state index contributed by atoms with van der Waals surface area (Å²) in [5.41, 5.74) is 3.29. The number of anilines is 1. The average Bonchev–Trinajstić information content (AvgIpc) is 3.67. The van der Waals surface area contributed by atoms with Crippen LogP contribution < -0.4 is 10.1 Å². The number of aryl methyl sites for hydroxylation is 1. The molecule has 0 saturated carbocycles. The summed E-state index contributed by atoms with van der Waals surface area (Å²) in [5.74, 6) is 0.122. The Hall–Kier alpha value is -5.31. The lowest BCUT2D eigenvalue weighted by molar-refractivity contribution is -0.136. The number of H-pyrrole nitrogens is 1. The van der Waals surface area contributed by atoms with Gasteiger partial charge in [0, 0.05) is 58.7 Å². The second kappa shape index (κ2) is 14.5. The first kappa shape index (κ1) is 35.7. The molecule has 10 nitrogen and oxygen atoms in total. The zero-order valence-electron chi connectivity index (χ0n) is 29.0. The highest BCUT2D eigenvalue weighted by Crippen LogP contribution is 2.36. The van der Waals surface area contributed by atoms with E-state index >= 15 is 0 Å². The number of imidazole rings is 1. The van der Waals surface area contributed by atoms with E-state index in [0.29, 0.717) is 54.1 Å². The number of nitrogens with one attached hydrogen (secondary N) is 2. The Labute approximate surface area is 311 Å². The predicted molar refractivity (Wildman–Crippen MR) is 196 cm³/mol. The second-order valence-corrected chi connectivity index (χ2v) is 13.9. The number of rotatable bonds is 10. The van der Waals surface area contributed by atoms with Gasteiger partial charge in [0.2, 0.25) is 5.88 Å². The van der Waals surface area contributed by atoms with Crippen molar-refractivity contribution in [2.75, 3.05) is 25.0 Å². The van der Waals surface area contributed by atoms with Crippen LogP contribution in [0.2, 0.25) is 5.02 Å². The van der Waals surface area contributed by atoms with E-state index in [4.69, 9.17) is 26.1 Å². The van der Waals surface area contributed by atoms with E-state index in [1.54, 1.807) is 43.3 Å². The molecule has 8 rings (SSSR count). The molecule has 2 aliphatic heterocycles. The molecule has 15 heteroatoms. The Morgan fingerprint density at radius 1 is 1.11 bits per heavy atom. The van der Waals surface area contributed by atoms with E-state index in [9.17, 15) is 22.4 Å². The smallest absolute Gasteiger partial charge is 0.418 e. The number of carbonyl (C=O) groups is 1. The number of amides is 1. The molecule has 1 saturated heterocycles. The van der Waals surface area contributed by atoms with Crippen LogP contribution in [-0.2, 0) is 30.6 Å². The van der Waals surface area contributed by atoms with Crippen LogP contribution in [0.5, 0.6) is 5.88 Å². The number of aromatic nitrogens is 5. The van der Waals surface area contributed by atoms with Gasteiger partial charge < -0.3 is 19.4 Å². The number of alkyl halides is 3. The fourth-order valence-electron chi connectivity index (χ4n) is 6.75. The molecule has 0 aliphatic carbocycles. The third-order valence-electron chi connectivity index (χ3n) is 9.78. The lowest BCUT2D eigenvalue weighted by atomic mass is 10.0. The number of hydrogen-bond acceptors (Lipinski definition) is 7. The number of halogens is 5. The normalized spacial score (nSPS) is 16.4. The Bertz CT molecular complexity index is 2420. The molecule has 6 aromatic rings. The number of nitrogens with zero attached hydrogens (tertiary/aromatic N) is 5. The summed E-state index contributed by atoms with van der Waals surface area (Å²) in [6.07, 6.45) is -0.879. The van der Waals surface area contributed by atoms with Crippen LogP contribution in [0, 0.1) is 12.7 Å². The summed E-state index contributed by atoms with van der Waals surface area (Å²) < 4.78 is 69.6. The van der Waals surface area contributed by atoms with Gasteiger partial charge in [-0.3, -0.25) is 14.8 Å². The largest absolute Gasteiger partial charge is 0.473 e. The Morgan fingerprint density at radius 3 is 2.70 bits per heavy atom. The summed E-state index contributed by atoms with van der Waals surface area (Å²) in [7, 11) is 0. The van der Waals surface area contributed by atoms with Gasteiger partial charge >= 0.3 is 6.18 Å². The fourth-order valence-corrected chi connectivity index (χ4v) is 6.91. The second-order valence-electron chi connectivity index (χ2n) is 13.4. The van der Waals surface area contributed by atoms with Gasteiger partial charge in [0.15, 0.2) is 0 Å². The van der Waals surface area contributed by atoms with Crippen molar-refractivity contribution >= 4 is 50.7 Å². The minimum atomic E-state index is -4.69. The van der Waals surface area contributed by atoms with Gasteiger partial charge in [-0.1, -0.05) is 29.8 Å². The summed E-state index contributed by atoms with van der Waals surface area (Å²) in [6, 6.07) is 17.5. The first-order valence-corrected chi connectivity index (χ1v) is 17.8. The van der Waals surface area contributed by atoms with E-state index in [0.717, 1.165) is 53.6 Å². The molecule has 1 atom stereocenters. The van der Waals surface area contributed by atoms with Crippen molar-refractivity contribution in [2.24, 2.45) is 0 Å². The van der Waals surface area contributed by atoms with Gasteiger partial charge in [-0.05, 0) is 73.9 Å². The Kier molecular flexibility index (Phi) is 9.58. The average molecular weight is 760 g/mol. The standard InChI is InChI=1S/C39H34ClF4N7O3/c1-22-29-15-25(16-30(39(42,43)44)37(29)49-48-22)38(52)45-27-7-8-33-34(18-27)51(19-28-11-14-53-28)35(46-33)20-50-12-9-23(10-13-50)32-3-2-4-36(47-32)54-21-24-5-6-26(40)17-31(24)41/h2-9,15-18,28H,10-14,19-21H2,1H3,(H,45,52)(H,48,49). The maximum Gasteiger partial charge on any atom is 0.418 e. The lowest BCUT2D eigenvalue weighted by Gasteiger charge is -2.29. The lowest BCUT2D eigenvalue weighted by Crippen LogP contribution is -2.33. The van der Waals surface area contributed by atoms with E-state index < -0.39 is 23.5 Å². The molecule has 1 fully saturated rings. The van der Waals surface area contributed by atoms with Crippen LogP contribution in [0.1, 0.15) is 51.5 Å². The SMILES string of the molecule is Cc1[nH]nc2c(C(F)(F)F)cc(C(=O)Nc3ccc4nc(CN5CC=C(c6cccc(OCc7ccc(Cl)cc7F)n6)CC5)n(CC5CCO5)c4c3)cc12. The van der Waals surface area contributed by atoms with Gasteiger partial charge in [-0.15, -0.1) is 0 Å². The van der Waals surface area contributed by atoms with Crippen LogP contribution >= 0.6 is 11.6 Å². The van der Waals surface area contributed by atoms with Crippen molar-refractivity contribution in [3.05, 3.63) is 118 Å². The molecule has 278 valence electrons. The molecule has 1 unspecified atom stereocenters. The zero-order valence-corrected chi connectivity index (χ0v) is 29.8. The van der Waals surface area contributed by atoms with Crippen LogP contribution in [-0.4, -0.2) is 61.3 Å². The third kappa shape index (κ3) is 7.41. The topological polar surface area (TPSA) is 110 Å². The summed E-state index contributed by atoms with van der Waals surface area (Å²) in [4.78, 5) is 25.3. The van der Waals surface area contributed by atoms with Crippen LogP contribution in [0.25, 0.3) is 27.5 Å². The highest BCUT2D eigenvalue weighted by atomic mass is 35.5. The summed E-state index contributed by atoms with van der Waals surface area (Å²) in [6.45, 7) is 4.85. The molecular formula is C39H34ClF4N7O3. The number of fused-ring (bicyclic) bond motifs is 2. The van der Waals surface area contributed by atoms with Gasteiger partial charge in [0.25, 0.3) is 5.91 Å². The minimum absolute atomic E-state index is 0.0229. The van der Waals surface area contributed by atoms with Crippen LogP contribution in [0.4, 0.5) is 23.2 Å². The van der Waals surface area contributed by atoms with E-state index in [2.05, 4.69) is 36.0 Å². The molecule has 0 radical (unpaired) electrons. The van der Waals surface area contributed by atoms with E-state index in [1.807, 2.05) is 12.1 Å². The number of ether oxygens (including phenoxy) is 2. The van der Waals surface area contributed by atoms with Gasteiger partial charge in [0.1, 0.15) is 23.8 Å². The maximum atomic E-state index is 14.2. The minimum Gasteiger partial charge on any atom is -0.473 e. The number of hydrogen-bond donors (Lipinski definition) is 2. The molecule has 0 spiro atoms. The van der Waals surface area contributed by atoms with Gasteiger partial charge in [-0.25, -0.2) is 14.4 Å². The predicted octanol–water partition coefficient (Wildman–Crippen LogP) is 8.34. The highest BCUT2D eigenvalue weighted by Gasteiger charge is 2.35. The number of pyridine rings is 1. The quantitative estimate of drug-likeness (QED) is 0.135. The molecular weight excluding hydrogens is 726 g/mol. The van der Waals surface area contributed by atoms with Crippen LogP contribution in [0.3, 0.4) is 0 Å². The highest BCUT2D eigenvalue weighted by molar-refractivity contribution is 6.30. The van der Waals surface area contributed by atoms with Gasteiger partial charge in [0.05, 0.1) is 41.5 Å². The molecule has 2 aliphatic rings. The molecule has 3 aromatic carbocycles. The van der Waals surface area contributed by atoms with Crippen molar-refractivity contribution in [3.63, 3.8) is 0 Å². The Morgan fingerprint density at radius 2 is 1.96 bits per heavy atom. The Balaban J connectivity index is 0.985. The van der Waals surface area contributed by atoms with Crippen molar-refractivity contribution in [1.29, 1.82) is 0 Å². The molecule has 54 heavy (non-hydrogen) atoms. The molecule has 0 bridgehead atoms. The molecule has 5 heterocycles. The first-order valence-electron chi connectivity index (χ1n) is 17.4. The van der Waals surface area contributed by atoms with Crippen LogP contribution in [0.15, 0.2) is 72.8 Å². The first-order chi connectivity index (χ1) is 26.0. The molecule has 2 N–H and O–H groups in total. The summed E-state index contributed by atoms with van der Waals surface area (Å²) in [5, 5.41) is 9.73. The van der Waals surface area contributed by atoms with Gasteiger partial charge in [-0.2, -0.15) is 18.3 Å². The summed E-state index contributed by atoms with van der Waals surface area (Å²) >= 11 is 5.86. The fraction of sp³-hybridized carbons (Fsp3) is 0.282. The number of benzene rings is 3.